The molecule has 7 heteroatoms. The van der Waals surface area contributed by atoms with Crippen molar-refractivity contribution >= 4 is 17.2 Å². The van der Waals surface area contributed by atoms with Crippen LogP contribution < -0.4 is 0 Å². The molecule has 0 aliphatic rings. The molecule has 0 bridgehead atoms. The standard InChI is InChI=1S/C23H42O5P2/c1-10-12-13-17(11-2)21(27-30(26)28-29(24)25)20-18(22(4,5)6)14-16(3)15-19(20)23(7,8)9/h14-15,17,21,24-26H,10-13H2,1-9H3. The first kappa shape index (κ1) is 27.9. The Morgan fingerprint density at radius 3 is 1.80 bits per heavy atom. The van der Waals surface area contributed by atoms with Crippen molar-refractivity contribution in [1.82, 2.24) is 0 Å². The van der Waals surface area contributed by atoms with Gasteiger partial charge in [-0.15, -0.1) is 0 Å². The van der Waals surface area contributed by atoms with Gasteiger partial charge in [0.25, 0.3) is 0 Å². The second kappa shape index (κ2) is 11.7. The summed E-state index contributed by atoms with van der Waals surface area (Å²) in [4.78, 5) is 28.8. The maximum absolute atomic E-state index is 10.4. The van der Waals surface area contributed by atoms with Crippen molar-refractivity contribution in [2.75, 3.05) is 0 Å². The molecule has 30 heavy (non-hydrogen) atoms. The molecule has 1 aromatic rings. The van der Waals surface area contributed by atoms with Crippen LogP contribution in [0.3, 0.4) is 0 Å². The van der Waals surface area contributed by atoms with Crippen LogP contribution in [-0.4, -0.2) is 14.7 Å². The Labute approximate surface area is 186 Å². The quantitative estimate of drug-likeness (QED) is 0.319. The van der Waals surface area contributed by atoms with Gasteiger partial charge in [-0.25, -0.2) is 4.31 Å². The van der Waals surface area contributed by atoms with Gasteiger partial charge in [0.15, 0.2) is 0 Å². The summed E-state index contributed by atoms with van der Waals surface area (Å²) < 4.78 is 11.0. The lowest BCUT2D eigenvalue weighted by Crippen LogP contribution is -2.27. The van der Waals surface area contributed by atoms with Crippen LogP contribution in [0.4, 0.5) is 0 Å². The van der Waals surface area contributed by atoms with Gasteiger partial charge in [-0.05, 0) is 46.8 Å². The molecule has 3 N–H and O–H groups in total. The summed E-state index contributed by atoms with van der Waals surface area (Å²) in [6.07, 6.45) is 3.61. The molecular weight excluding hydrogens is 418 g/mol. The molecule has 0 aliphatic carbocycles. The minimum Gasteiger partial charge on any atom is -0.328 e. The summed E-state index contributed by atoms with van der Waals surface area (Å²) in [6, 6.07) is 4.44. The van der Waals surface area contributed by atoms with Gasteiger partial charge in [0.2, 0.25) is 0 Å². The van der Waals surface area contributed by atoms with E-state index in [2.05, 4.69) is 74.4 Å². The molecule has 0 saturated carbocycles. The highest BCUT2D eigenvalue weighted by Gasteiger charge is 2.36. The molecule has 0 saturated heterocycles. The van der Waals surface area contributed by atoms with Crippen LogP contribution in [0, 0.1) is 12.8 Å². The molecule has 3 unspecified atom stereocenters. The predicted molar refractivity (Wildman–Crippen MR) is 127 cm³/mol. The molecule has 0 aliphatic heterocycles. The zero-order valence-electron chi connectivity index (χ0n) is 20.2. The molecule has 0 amide bonds. The smallest absolute Gasteiger partial charge is 0.328 e. The number of hydrogen-bond donors (Lipinski definition) is 3. The van der Waals surface area contributed by atoms with E-state index >= 15 is 0 Å². The lowest BCUT2D eigenvalue weighted by Gasteiger charge is -2.37. The van der Waals surface area contributed by atoms with Crippen LogP contribution in [0.5, 0.6) is 0 Å². The molecule has 174 valence electrons. The monoisotopic (exact) mass is 460 g/mol. The van der Waals surface area contributed by atoms with Gasteiger partial charge in [0.1, 0.15) is 0 Å². The number of unbranched alkanes of at least 4 members (excludes halogenated alkanes) is 1. The molecule has 5 nitrogen and oxygen atoms in total. The van der Waals surface area contributed by atoms with Crippen LogP contribution >= 0.6 is 17.2 Å². The number of aryl methyl sites for hydroxylation is 1. The largest absolute Gasteiger partial charge is 0.337 e. The van der Waals surface area contributed by atoms with Crippen molar-refractivity contribution < 1.29 is 23.5 Å². The summed E-state index contributed by atoms with van der Waals surface area (Å²) in [5.41, 5.74) is 4.47. The molecule has 0 spiro atoms. The molecule has 1 rings (SSSR count). The van der Waals surface area contributed by atoms with E-state index in [4.69, 9.17) is 8.83 Å². The van der Waals surface area contributed by atoms with E-state index < -0.39 is 23.3 Å². The van der Waals surface area contributed by atoms with Crippen molar-refractivity contribution in [1.29, 1.82) is 0 Å². The normalized spacial score (nSPS) is 16.0. The van der Waals surface area contributed by atoms with Gasteiger partial charge in [-0.1, -0.05) is 92.3 Å². The maximum atomic E-state index is 10.4. The third kappa shape index (κ3) is 8.10. The molecule has 0 radical (unpaired) electrons. The van der Waals surface area contributed by atoms with E-state index in [9.17, 15) is 14.7 Å². The lowest BCUT2D eigenvalue weighted by molar-refractivity contribution is 0.103. The molecule has 1 aromatic carbocycles. The highest BCUT2D eigenvalue weighted by atomic mass is 31.2. The Kier molecular flexibility index (Phi) is 10.8. The van der Waals surface area contributed by atoms with Gasteiger partial charge < -0.3 is 19.2 Å². The second-order valence-corrected chi connectivity index (χ2v) is 12.0. The van der Waals surface area contributed by atoms with E-state index in [-0.39, 0.29) is 16.7 Å². The lowest BCUT2D eigenvalue weighted by atomic mass is 9.71. The maximum Gasteiger partial charge on any atom is 0.337 e. The zero-order valence-corrected chi connectivity index (χ0v) is 22.0. The van der Waals surface area contributed by atoms with Gasteiger partial charge >= 0.3 is 17.2 Å². The highest BCUT2D eigenvalue weighted by Crippen LogP contribution is 2.53. The predicted octanol–water partition coefficient (Wildman–Crippen LogP) is 7.31. The molecular formula is C23H42O5P2. The number of hydrogen-bond acceptors (Lipinski definition) is 5. The minimum atomic E-state index is -2.69. The minimum absolute atomic E-state index is 0.119. The fraction of sp³-hybridized carbons (Fsp3) is 0.739. The van der Waals surface area contributed by atoms with Crippen LogP contribution in [0.25, 0.3) is 0 Å². The zero-order chi connectivity index (χ0) is 23.3. The summed E-state index contributed by atoms with van der Waals surface area (Å²) in [5, 5.41) is 0. The van der Waals surface area contributed by atoms with Crippen LogP contribution in [0.1, 0.15) is 109 Å². The van der Waals surface area contributed by atoms with Crippen LogP contribution in [0.15, 0.2) is 12.1 Å². The van der Waals surface area contributed by atoms with Crippen LogP contribution in [-0.2, 0) is 19.7 Å². The van der Waals surface area contributed by atoms with Gasteiger partial charge in [-0.2, -0.15) is 0 Å². The van der Waals surface area contributed by atoms with E-state index in [0.29, 0.717) is 0 Å². The van der Waals surface area contributed by atoms with E-state index in [1.165, 1.54) is 16.7 Å². The summed E-state index contributed by atoms with van der Waals surface area (Å²) in [7, 11) is -5.10. The van der Waals surface area contributed by atoms with Crippen molar-refractivity contribution in [2.45, 2.75) is 105 Å². The van der Waals surface area contributed by atoms with Gasteiger partial charge in [0, 0.05) is 0 Å². The number of rotatable bonds is 10. The molecule has 0 fully saturated rings. The topological polar surface area (TPSA) is 79.2 Å². The van der Waals surface area contributed by atoms with E-state index in [1.807, 2.05) is 0 Å². The number of benzene rings is 1. The van der Waals surface area contributed by atoms with E-state index in [1.54, 1.807) is 0 Å². The van der Waals surface area contributed by atoms with Crippen molar-refractivity contribution in [3.63, 3.8) is 0 Å². The fourth-order valence-corrected chi connectivity index (χ4v) is 5.06. The van der Waals surface area contributed by atoms with E-state index in [0.717, 1.165) is 31.2 Å². The average Bonchev–Trinajstić information content (AvgIpc) is 2.58. The Bertz CT molecular complexity index is 630. The molecule has 0 aromatic heterocycles. The Morgan fingerprint density at radius 1 is 0.933 bits per heavy atom. The highest BCUT2D eigenvalue weighted by molar-refractivity contribution is 7.54. The Morgan fingerprint density at radius 2 is 1.43 bits per heavy atom. The fourth-order valence-electron chi connectivity index (χ4n) is 3.93. The summed E-state index contributed by atoms with van der Waals surface area (Å²) in [5.74, 6) is 0.180. The average molecular weight is 461 g/mol. The van der Waals surface area contributed by atoms with Crippen molar-refractivity contribution in [3.05, 3.63) is 34.4 Å². The first-order valence-electron chi connectivity index (χ1n) is 10.9. The Hall–Kier alpha value is -0.120. The SMILES string of the molecule is CCCCC(CC)C(OP(O)OP(O)O)c1c(C(C)(C)C)cc(C)cc1C(C)(C)C. The first-order valence-corrected chi connectivity index (χ1v) is 13.2. The first-order chi connectivity index (χ1) is 13.7. The third-order valence-electron chi connectivity index (χ3n) is 5.45. The van der Waals surface area contributed by atoms with Crippen LogP contribution in [0.2, 0.25) is 0 Å². The molecule has 0 heterocycles. The molecule has 3 atom stereocenters. The summed E-state index contributed by atoms with van der Waals surface area (Å²) in [6.45, 7) is 19.6. The van der Waals surface area contributed by atoms with Gasteiger partial charge in [-0.3, -0.25) is 0 Å². The van der Waals surface area contributed by atoms with Crippen molar-refractivity contribution in [2.24, 2.45) is 5.92 Å². The van der Waals surface area contributed by atoms with Crippen molar-refractivity contribution in [3.8, 4) is 0 Å². The second-order valence-electron chi connectivity index (χ2n) is 10.2. The third-order valence-corrected chi connectivity index (χ3v) is 7.00. The Balaban J connectivity index is 3.74. The van der Waals surface area contributed by atoms with Gasteiger partial charge in [0.05, 0.1) is 6.10 Å². The summed E-state index contributed by atoms with van der Waals surface area (Å²) >= 11 is 0.